The number of hydrogen-bond acceptors (Lipinski definition) is 2. The van der Waals surface area contributed by atoms with E-state index in [-0.39, 0.29) is 5.78 Å². The van der Waals surface area contributed by atoms with Gasteiger partial charge in [-0.05, 0) is 28.7 Å². The summed E-state index contributed by atoms with van der Waals surface area (Å²) in [7, 11) is 1.61. The zero-order chi connectivity index (χ0) is 10.6. The first kappa shape index (κ1) is 12.0. The number of ether oxygens (including phenoxy) is 1. The lowest BCUT2D eigenvalue weighted by molar-refractivity contribution is 0.0988. The Morgan fingerprint density at radius 1 is 1.57 bits per heavy atom. The van der Waals surface area contributed by atoms with Gasteiger partial charge >= 0.3 is 0 Å². The van der Waals surface area contributed by atoms with Gasteiger partial charge < -0.3 is 4.74 Å². The maximum Gasteiger partial charge on any atom is 0.164 e. The number of hydrogen-bond donors (Lipinski definition) is 0. The molecule has 0 fully saturated rings. The Labute approximate surface area is 105 Å². The summed E-state index contributed by atoms with van der Waals surface area (Å²) in [5, 5.41) is 0.694. The molecule has 0 radical (unpaired) electrons. The van der Waals surface area contributed by atoms with Crippen LogP contribution in [0, 0.1) is 3.57 Å². The predicted molar refractivity (Wildman–Crippen MR) is 68.5 cm³/mol. The fourth-order valence-corrected chi connectivity index (χ4v) is 2.34. The van der Waals surface area contributed by atoms with Crippen LogP contribution < -0.4 is 4.74 Å². The maximum absolute atomic E-state index is 11.6. The highest BCUT2D eigenvalue weighted by molar-refractivity contribution is 14.1. The topological polar surface area (TPSA) is 26.3 Å². The smallest absolute Gasteiger partial charge is 0.164 e. The Morgan fingerprint density at radius 3 is 2.86 bits per heavy atom. The van der Waals surface area contributed by atoms with E-state index in [1.54, 1.807) is 7.11 Å². The van der Waals surface area contributed by atoms with Crippen LogP contribution in [0.25, 0.3) is 0 Å². The molecule has 0 aliphatic carbocycles. The predicted octanol–water partition coefficient (Wildman–Crippen LogP) is 3.27. The number of alkyl halides is 1. The molecule has 4 heteroatoms. The third kappa shape index (κ3) is 2.70. The monoisotopic (exact) mass is 368 g/mol. The van der Waals surface area contributed by atoms with Crippen molar-refractivity contribution in [2.24, 2.45) is 0 Å². The van der Waals surface area contributed by atoms with E-state index in [2.05, 4.69) is 38.5 Å². The van der Waals surface area contributed by atoms with Gasteiger partial charge in [0.15, 0.2) is 5.78 Å². The molecule has 1 aromatic rings. The van der Waals surface area contributed by atoms with Gasteiger partial charge in [0, 0.05) is 17.3 Å². The molecule has 0 N–H and O–H groups in total. The van der Waals surface area contributed by atoms with Crippen LogP contribution in [0.3, 0.4) is 0 Å². The highest BCUT2D eigenvalue weighted by atomic mass is 127. The SMILES string of the molecule is COc1cccc(C(=O)CCBr)c1I. The number of methoxy groups -OCH3 is 1. The number of carbonyl (C=O) groups excluding carboxylic acids is 1. The molecule has 0 aliphatic rings. The summed E-state index contributed by atoms with van der Waals surface area (Å²) in [6, 6.07) is 5.52. The van der Waals surface area contributed by atoms with Crippen LogP contribution in [0.15, 0.2) is 18.2 Å². The van der Waals surface area contributed by atoms with E-state index in [4.69, 9.17) is 4.74 Å². The second-order valence-electron chi connectivity index (χ2n) is 2.68. The summed E-state index contributed by atoms with van der Waals surface area (Å²) in [5.41, 5.74) is 0.740. The van der Waals surface area contributed by atoms with Gasteiger partial charge in [-0.3, -0.25) is 4.79 Å². The van der Waals surface area contributed by atoms with E-state index >= 15 is 0 Å². The standard InChI is InChI=1S/C10H10BrIO2/c1-14-9-4-2-3-7(10(9)12)8(13)5-6-11/h2-4H,5-6H2,1H3. The van der Waals surface area contributed by atoms with Crippen molar-refractivity contribution in [2.45, 2.75) is 6.42 Å². The van der Waals surface area contributed by atoms with Crippen molar-refractivity contribution in [1.82, 2.24) is 0 Å². The lowest BCUT2D eigenvalue weighted by atomic mass is 10.1. The van der Waals surface area contributed by atoms with Gasteiger partial charge in [0.2, 0.25) is 0 Å². The molecule has 2 nitrogen and oxygen atoms in total. The van der Waals surface area contributed by atoms with Crippen LogP contribution in [0.5, 0.6) is 5.75 Å². The molecule has 0 bridgehead atoms. The van der Waals surface area contributed by atoms with E-state index in [0.717, 1.165) is 14.9 Å². The third-order valence-corrected chi connectivity index (χ3v) is 3.31. The van der Waals surface area contributed by atoms with Crippen LogP contribution in [-0.4, -0.2) is 18.2 Å². The fraction of sp³-hybridized carbons (Fsp3) is 0.300. The highest BCUT2D eigenvalue weighted by Crippen LogP contribution is 2.25. The van der Waals surface area contributed by atoms with Crippen molar-refractivity contribution in [3.8, 4) is 5.75 Å². The van der Waals surface area contributed by atoms with Crippen LogP contribution >= 0.6 is 38.5 Å². The molecule has 0 spiro atoms. The van der Waals surface area contributed by atoms with E-state index in [1.165, 1.54) is 0 Å². The van der Waals surface area contributed by atoms with Gasteiger partial charge in [-0.2, -0.15) is 0 Å². The first-order valence-corrected chi connectivity index (χ1v) is 6.32. The molecule has 1 rings (SSSR count). The number of halogens is 2. The zero-order valence-electron chi connectivity index (χ0n) is 7.72. The summed E-state index contributed by atoms with van der Waals surface area (Å²) in [4.78, 5) is 11.6. The minimum Gasteiger partial charge on any atom is -0.496 e. The van der Waals surface area contributed by atoms with Crippen LogP contribution in [0.1, 0.15) is 16.8 Å². The lowest BCUT2D eigenvalue weighted by Crippen LogP contribution is -2.03. The van der Waals surface area contributed by atoms with Crippen LogP contribution in [0.4, 0.5) is 0 Å². The molecular formula is C10H10BrIO2. The third-order valence-electron chi connectivity index (χ3n) is 1.81. The van der Waals surface area contributed by atoms with Gasteiger partial charge in [0.1, 0.15) is 5.75 Å². The zero-order valence-corrected chi connectivity index (χ0v) is 11.5. The number of Topliss-reactive ketones (excluding diaryl/α,β-unsaturated/α-hetero) is 1. The first-order valence-electron chi connectivity index (χ1n) is 4.12. The van der Waals surface area contributed by atoms with E-state index in [0.29, 0.717) is 11.8 Å². The molecule has 0 aromatic heterocycles. The second-order valence-corrected chi connectivity index (χ2v) is 4.56. The Kier molecular flexibility index (Phi) is 4.88. The number of ketones is 1. The quantitative estimate of drug-likeness (QED) is 0.463. The molecule has 76 valence electrons. The van der Waals surface area contributed by atoms with Gasteiger partial charge in [-0.25, -0.2) is 0 Å². The summed E-state index contributed by atoms with van der Waals surface area (Å²) in [6.45, 7) is 0. The Bertz CT molecular complexity index is 339. The number of rotatable bonds is 4. The van der Waals surface area contributed by atoms with Gasteiger partial charge in [0.05, 0.1) is 10.7 Å². The van der Waals surface area contributed by atoms with Crippen molar-refractivity contribution in [3.63, 3.8) is 0 Å². The fourth-order valence-electron chi connectivity index (χ4n) is 1.10. The largest absolute Gasteiger partial charge is 0.496 e. The summed E-state index contributed by atoms with van der Waals surface area (Å²) in [5.74, 6) is 0.899. The second kappa shape index (κ2) is 5.70. The summed E-state index contributed by atoms with van der Waals surface area (Å²) >= 11 is 5.39. The molecule has 0 amide bonds. The molecule has 14 heavy (non-hydrogen) atoms. The van der Waals surface area contributed by atoms with Crippen LogP contribution in [0.2, 0.25) is 0 Å². The highest BCUT2D eigenvalue weighted by Gasteiger charge is 2.12. The molecule has 0 saturated carbocycles. The van der Waals surface area contributed by atoms with Crippen molar-refractivity contribution in [2.75, 3.05) is 12.4 Å². The molecule has 0 aliphatic heterocycles. The molecule has 1 aromatic carbocycles. The van der Waals surface area contributed by atoms with Crippen molar-refractivity contribution >= 4 is 44.3 Å². The average Bonchev–Trinajstić information content (AvgIpc) is 2.18. The van der Waals surface area contributed by atoms with E-state index < -0.39 is 0 Å². The Morgan fingerprint density at radius 2 is 2.29 bits per heavy atom. The van der Waals surface area contributed by atoms with E-state index in [9.17, 15) is 4.79 Å². The molecular weight excluding hydrogens is 359 g/mol. The van der Waals surface area contributed by atoms with E-state index in [1.807, 2.05) is 18.2 Å². The first-order chi connectivity index (χ1) is 6.70. The average molecular weight is 369 g/mol. The van der Waals surface area contributed by atoms with Crippen molar-refractivity contribution in [3.05, 3.63) is 27.3 Å². The van der Waals surface area contributed by atoms with Gasteiger partial charge in [-0.15, -0.1) is 0 Å². The van der Waals surface area contributed by atoms with Gasteiger partial charge in [-0.1, -0.05) is 28.1 Å². The number of carbonyl (C=O) groups is 1. The minimum atomic E-state index is 0.144. The molecule has 0 unspecified atom stereocenters. The Hall–Kier alpha value is -0.100. The summed E-state index contributed by atoms with van der Waals surface area (Å²) < 4.78 is 6.03. The molecule has 0 saturated heterocycles. The van der Waals surface area contributed by atoms with Crippen molar-refractivity contribution < 1.29 is 9.53 Å². The Balaban J connectivity index is 3.03. The molecule has 0 heterocycles. The van der Waals surface area contributed by atoms with Crippen molar-refractivity contribution in [1.29, 1.82) is 0 Å². The number of benzene rings is 1. The maximum atomic E-state index is 11.6. The molecule has 0 atom stereocenters. The normalized spacial score (nSPS) is 9.93. The summed E-state index contributed by atoms with van der Waals surface area (Å²) in [6.07, 6.45) is 0.517. The van der Waals surface area contributed by atoms with Crippen LogP contribution in [-0.2, 0) is 0 Å². The lowest BCUT2D eigenvalue weighted by Gasteiger charge is -2.07. The minimum absolute atomic E-state index is 0.144. The van der Waals surface area contributed by atoms with Gasteiger partial charge in [0.25, 0.3) is 0 Å².